The summed E-state index contributed by atoms with van der Waals surface area (Å²) in [5, 5.41) is 15.6. The topological polar surface area (TPSA) is 106 Å². The Balaban J connectivity index is 1.67. The van der Waals surface area contributed by atoms with Gasteiger partial charge in [-0.2, -0.15) is 4.80 Å². The molecule has 2 aromatic heterocycles. The number of aromatic nitrogens is 4. The third-order valence-corrected chi connectivity index (χ3v) is 5.69. The number of hydrogen-bond acceptors (Lipinski definition) is 6. The molecule has 2 aromatic carbocycles. The second-order valence-corrected chi connectivity index (χ2v) is 9.83. The number of tetrazole rings is 1. The van der Waals surface area contributed by atoms with E-state index in [1.807, 2.05) is 20.8 Å². The molecule has 192 valence electrons. The highest BCUT2D eigenvalue weighted by molar-refractivity contribution is 6.31. The van der Waals surface area contributed by atoms with Crippen LogP contribution in [0.5, 0.6) is 0 Å². The number of halogens is 2. The van der Waals surface area contributed by atoms with Gasteiger partial charge in [0.25, 0.3) is 5.91 Å². The zero-order chi connectivity index (χ0) is 26.6. The number of carbonyl (C=O) groups is 2. The molecule has 0 fully saturated rings. The maximum absolute atomic E-state index is 13.7. The van der Waals surface area contributed by atoms with Crippen molar-refractivity contribution < 1.29 is 18.4 Å². The molecule has 0 aliphatic heterocycles. The fraction of sp³-hybridized carbons (Fsp3) is 0.269. The second kappa shape index (κ2) is 10.9. The Labute approximate surface area is 218 Å². The van der Waals surface area contributed by atoms with Crippen molar-refractivity contribution in [3.8, 4) is 11.4 Å². The van der Waals surface area contributed by atoms with E-state index >= 15 is 0 Å². The molecule has 0 bridgehead atoms. The minimum atomic E-state index is -1.09. The first kappa shape index (κ1) is 26.0. The van der Waals surface area contributed by atoms with Crippen LogP contribution in [0, 0.1) is 5.82 Å². The Morgan fingerprint density at radius 2 is 1.84 bits per heavy atom. The van der Waals surface area contributed by atoms with Crippen molar-refractivity contribution in [2.45, 2.75) is 45.4 Å². The largest absolute Gasteiger partial charge is 0.467 e. The first-order chi connectivity index (χ1) is 17.6. The van der Waals surface area contributed by atoms with Crippen LogP contribution in [0.25, 0.3) is 11.4 Å². The van der Waals surface area contributed by atoms with Gasteiger partial charge in [0.05, 0.1) is 6.26 Å². The monoisotopic (exact) mass is 524 g/mol. The minimum Gasteiger partial charge on any atom is -0.467 e. The van der Waals surface area contributed by atoms with Crippen LogP contribution < -0.4 is 5.32 Å². The van der Waals surface area contributed by atoms with Crippen molar-refractivity contribution in [1.29, 1.82) is 0 Å². The Hall–Kier alpha value is -4.05. The highest BCUT2D eigenvalue weighted by atomic mass is 35.5. The van der Waals surface area contributed by atoms with E-state index in [2.05, 4.69) is 20.7 Å². The van der Waals surface area contributed by atoms with Gasteiger partial charge >= 0.3 is 0 Å². The van der Waals surface area contributed by atoms with Gasteiger partial charge in [-0.05, 0) is 74.0 Å². The Morgan fingerprint density at radius 3 is 2.49 bits per heavy atom. The summed E-state index contributed by atoms with van der Waals surface area (Å²) in [7, 11) is 0. The molecule has 1 atom stereocenters. The molecule has 0 radical (unpaired) electrons. The molecule has 0 unspecified atom stereocenters. The highest BCUT2D eigenvalue weighted by Crippen LogP contribution is 2.27. The van der Waals surface area contributed by atoms with Gasteiger partial charge in [-0.3, -0.25) is 9.59 Å². The van der Waals surface area contributed by atoms with E-state index in [9.17, 15) is 14.0 Å². The summed E-state index contributed by atoms with van der Waals surface area (Å²) < 4.78 is 18.9. The number of nitrogens with zero attached hydrogens (tertiary/aromatic N) is 5. The zero-order valence-corrected chi connectivity index (χ0v) is 21.3. The highest BCUT2D eigenvalue weighted by Gasteiger charge is 2.36. The van der Waals surface area contributed by atoms with Crippen LogP contribution in [0.3, 0.4) is 0 Å². The Bertz CT molecular complexity index is 1370. The maximum atomic E-state index is 13.7. The molecule has 2 heterocycles. The molecule has 0 aliphatic rings. The molecular weight excluding hydrogens is 499 g/mol. The maximum Gasteiger partial charge on any atom is 0.251 e. The predicted octanol–water partition coefficient (Wildman–Crippen LogP) is 4.41. The third kappa shape index (κ3) is 6.59. The average Bonchev–Trinajstić information content (AvgIpc) is 3.52. The van der Waals surface area contributed by atoms with Crippen molar-refractivity contribution in [3.05, 3.63) is 89.1 Å². The molecule has 1 N–H and O–H groups in total. The van der Waals surface area contributed by atoms with Crippen LogP contribution in [0.15, 0.2) is 71.3 Å². The quantitative estimate of drug-likeness (QED) is 0.366. The smallest absolute Gasteiger partial charge is 0.251 e. The fourth-order valence-corrected chi connectivity index (χ4v) is 3.87. The van der Waals surface area contributed by atoms with Crippen LogP contribution >= 0.6 is 11.6 Å². The van der Waals surface area contributed by atoms with Gasteiger partial charge in [0.2, 0.25) is 11.7 Å². The first-order valence-electron chi connectivity index (χ1n) is 11.5. The number of carbonyl (C=O) groups excluding carboxylic acids is 2. The number of amides is 2. The van der Waals surface area contributed by atoms with Gasteiger partial charge in [-0.15, -0.1) is 10.2 Å². The van der Waals surface area contributed by atoms with Crippen LogP contribution in [-0.2, 0) is 22.7 Å². The van der Waals surface area contributed by atoms with E-state index in [4.69, 9.17) is 16.0 Å². The Kier molecular flexibility index (Phi) is 7.68. The lowest BCUT2D eigenvalue weighted by Gasteiger charge is -2.32. The number of hydrogen-bond donors (Lipinski definition) is 1. The fourth-order valence-electron chi connectivity index (χ4n) is 3.68. The molecule has 37 heavy (non-hydrogen) atoms. The molecule has 0 spiro atoms. The average molecular weight is 525 g/mol. The lowest BCUT2D eigenvalue weighted by molar-refractivity contribution is -0.143. The molecule has 11 heteroatoms. The summed E-state index contributed by atoms with van der Waals surface area (Å²) >= 11 is 6.40. The molecule has 0 saturated heterocycles. The van der Waals surface area contributed by atoms with Crippen molar-refractivity contribution in [3.63, 3.8) is 0 Å². The number of benzene rings is 2. The SMILES string of the molecule is CC(C)(C)NC(=O)[C@@H](c1ccco1)N(Cc1ccccc1Cl)C(=O)Cn1nnc(-c2ccc(F)cc2)n1. The Morgan fingerprint density at radius 1 is 1.11 bits per heavy atom. The first-order valence-corrected chi connectivity index (χ1v) is 11.9. The number of rotatable bonds is 8. The van der Waals surface area contributed by atoms with Gasteiger partial charge in [0.15, 0.2) is 6.04 Å². The molecule has 2 amide bonds. The van der Waals surface area contributed by atoms with Crippen molar-refractivity contribution in [1.82, 2.24) is 30.4 Å². The normalized spacial score (nSPS) is 12.2. The van der Waals surface area contributed by atoms with Gasteiger partial charge < -0.3 is 14.6 Å². The van der Waals surface area contributed by atoms with Gasteiger partial charge in [0, 0.05) is 22.7 Å². The number of nitrogens with one attached hydrogen (secondary N) is 1. The molecular formula is C26H26ClFN6O3. The molecule has 0 saturated carbocycles. The lowest BCUT2D eigenvalue weighted by atomic mass is 10.1. The summed E-state index contributed by atoms with van der Waals surface area (Å²) in [6.45, 7) is 5.27. The van der Waals surface area contributed by atoms with E-state index in [0.29, 0.717) is 21.9 Å². The summed E-state index contributed by atoms with van der Waals surface area (Å²) in [6, 6.07) is 14.9. The molecule has 4 rings (SSSR count). The van der Waals surface area contributed by atoms with E-state index in [0.717, 1.165) is 4.80 Å². The minimum absolute atomic E-state index is 0.0287. The summed E-state index contributed by atoms with van der Waals surface area (Å²) in [5.41, 5.74) is 0.640. The zero-order valence-electron chi connectivity index (χ0n) is 20.6. The molecule has 9 nitrogen and oxygen atoms in total. The van der Waals surface area contributed by atoms with Crippen LogP contribution in [0.2, 0.25) is 5.02 Å². The predicted molar refractivity (Wildman–Crippen MR) is 135 cm³/mol. The van der Waals surface area contributed by atoms with Crippen LogP contribution in [0.1, 0.15) is 38.1 Å². The third-order valence-electron chi connectivity index (χ3n) is 5.32. The van der Waals surface area contributed by atoms with Crippen LogP contribution in [-0.4, -0.2) is 42.5 Å². The van der Waals surface area contributed by atoms with E-state index in [-0.39, 0.29) is 24.7 Å². The molecule has 4 aromatic rings. The van der Waals surface area contributed by atoms with Crippen molar-refractivity contribution in [2.24, 2.45) is 0 Å². The summed E-state index contributed by atoms with van der Waals surface area (Å²) in [6.07, 6.45) is 1.44. The molecule has 0 aliphatic carbocycles. The van der Waals surface area contributed by atoms with E-state index < -0.39 is 23.4 Å². The number of furan rings is 1. The van der Waals surface area contributed by atoms with Gasteiger partial charge in [-0.1, -0.05) is 29.8 Å². The standard InChI is InChI=1S/C26H26ClFN6O3/c1-26(2,3)29-25(36)23(21-9-6-14-37-21)33(15-18-7-4-5-8-20(18)27)22(35)16-34-31-24(30-32-34)17-10-12-19(28)13-11-17/h4-14,23H,15-16H2,1-3H3,(H,29,36)/t23-/m1/s1. The van der Waals surface area contributed by atoms with Crippen molar-refractivity contribution >= 4 is 23.4 Å². The van der Waals surface area contributed by atoms with Crippen LogP contribution in [0.4, 0.5) is 4.39 Å². The lowest BCUT2D eigenvalue weighted by Crippen LogP contribution is -2.49. The van der Waals surface area contributed by atoms with E-state index in [1.54, 1.807) is 36.4 Å². The van der Waals surface area contributed by atoms with E-state index in [1.165, 1.54) is 35.4 Å². The summed E-state index contributed by atoms with van der Waals surface area (Å²) in [5.74, 6) is -0.743. The van der Waals surface area contributed by atoms with Crippen molar-refractivity contribution in [2.75, 3.05) is 0 Å². The van der Waals surface area contributed by atoms with Gasteiger partial charge in [-0.25, -0.2) is 4.39 Å². The second-order valence-electron chi connectivity index (χ2n) is 9.42. The van der Waals surface area contributed by atoms with Gasteiger partial charge in [0.1, 0.15) is 18.1 Å². The summed E-state index contributed by atoms with van der Waals surface area (Å²) in [4.78, 5) is 29.7.